The predicted molar refractivity (Wildman–Crippen MR) is 115 cm³/mol. The van der Waals surface area contributed by atoms with E-state index in [-0.39, 0.29) is 0 Å². The molecule has 1 aromatic heterocycles. The molecule has 3 aromatic carbocycles. The van der Waals surface area contributed by atoms with Crippen molar-refractivity contribution in [3.8, 4) is 11.8 Å². The van der Waals surface area contributed by atoms with Crippen molar-refractivity contribution in [1.29, 1.82) is 5.26 Å². The van der Waals surface area contributed by atoms with E-state index in [9.17, 15) is 5.26 Å². The van der Waals surface area contributed by atoms with Crippen molar-refractivity contribution in [2.75, 3.05) is 0 Å². The van der Waals surface area contributed by atoms with E-state index in [4.69, 9.17) is 16.3 Å². The number of rotatable bonds is 5. The number of halogens is 1. The van der Waals surface area contributed by atoms with Crippen LogP contribution >= 0.6 is 22.9 Å². The lowest BCUT2D eigenvalue weighted by Crippen LogP contribution is -1.97. The molecule has 136 valence electrons. The number of ether oxygens (including phenoxy) is 1. The number of benzene rings is 3. The molecular weight excluding hydrogens is 388 g/mol. The van der Waals surface area contributed by atoms with Crippen LogP contribution in [0, 0.1) is 11.3 Å². The van der Waals surface area contributed by atoms with E-state index in [1.54, 1.807) is 0 Å². The molecule has 5 heteroatoms. The highest BCUT2D eigenvalue weighted by Gasteiger charge is 2.10. The van der Waals surface area contributed by atoms with Crippen molar-refractivity contribution in [3.63, 3.8) is 0 Å². The quantitative estimate of drug-likeness (QED) is 0.353. The SMILES string of the molecule is N#C/C(=C\c1ccccc1OCc1cccc(Cl)c1)c1nc2ccccc2s1. The smallest absolute Gasteiger partial charge is 0.135 e. The Morgan fingerprint density at radius 3 is 2.71 bits per heavy atom. The van der Waals surface area contributed by atoms with Gasteiger partial charge in [-0.3, -0.25) is 0 Å². The summed E-state index contributed by atoms with van der Waals surface area (Å²) in [5.41, 5.74) is 3.23. The van der Waals surface area contributed by atoms with E-state index >= 15 is 0 Å². The van der Waals surface area contributed by atoms with Gasteiger partial charge in [0.1, 0.15) is 23.4 Å². The van der Waals surface area contributed by atoms with E-state index < -0.39 is 0 Å². The lowest BCUT2D eigenvalue weighted by Gasteiger charge is -2.10. The number of allylic oxidation sites excluding steroid dienone is 1. The first-order chi connectivity index (χ1) is 13.7. The number of fused-ring (bicyclic) bond motifs is 1. The van der Waals surface area contributed by atoms with Gasteiger partial charge in [-0.2, -0.15) is 5.26 Å². The van der Waals surface area contributed by atoms with Crippen LogP contribution in [-0.4, -0.2) is 4.98 Å². The number of nitriles is 1. The van der Waals surface area contributed by atoms with Gasteiger partial charge in [-0.15, -0.1) is 11.3 Å². The average molecular weight is 403 g/mol. The third-order valence-corrected chi connectivity index (χ3v) is 5.45. The van der Waals surface area contributed by atoms with Gasteiger partial charge < -0.3 is 4.74 Å². The molecule has 0 saturated carbocycles. The molecule has 1 heterocycles. The maximum atomic E-state index is 9.69. The zero-order valence-electron chi connectivity index (χ0n) is 14.8. The second-order valence-electron chi connectivity index (χ2n) is 6.11. The van der Waals surface area contributed by atoms with Crippen molar-refractivity contribution >= 4 is 44.8 Å². The Labute approximate surface area is 172 Å². The predicted octanol–water partition coefficient (Wildman–Crippen LogP) is 6.59. The van der Waals surface area contributed by atoms with Crippen LogP contribution < -0.4 is 4.74 Å². The lowest BCUT2D eigenvalue weighted by atomic mass is 10.1. The Hall–Kier alpha value is -3.13. The molecule has 3 nitrogen and oxygen atoms in total. The molecule has 0 aliphatic carbocycles. The van der Waals surface area contributed by atoms with E-state index in [1.165, 1.54) is 11.3 Å². The molecule has 0 atom stereocenters. The summed E-state index contributed by atoms with van der Waals surface area (Å²) in [6.45, 7) is 0.397. The van der Waals surface area contributed by atoms with Gasteiger partial charge in [0, 0.05) is 10.6 Å². The zero-order valence-corrected chi connectivity index (χ0v) is 16.4. The van der Waals surface area contributed by atoms with E-state index in [1.807, 2.05) is 78.9 Å². The normalized spacial score (nSPS) is 11.4. The Bertz CT molecular complexity index is 1170. The molecule has 0 saturated heterocycles. The van der Waals surface area contributed by atoms with Crippen LogP contribution in [0.4, 0.5) is 0 Å². The molecule has 0 unspecified atom stereocenters. The molecule has 0 bridgehead atoms. The van der Waals surface area contributed by atoms with Crippen LogP contribution in [0.3, 0.4) is 0 Å². The first-order valence-electron chi connectivity index (χ1n) is 8.67. The van der Waals surface area contributed by atoms with Crippen LogP contribution in [0.1, 0.15) is 16.1 Å². The van der Waals surface area contributed by atoms with Gasteiger partial charge in [0.25, 0.3) is 0 Å². The summed E-state index contributed by atoms with van der Waals surface area (Å²) in [4.78, 5) is 4.59. The maximum absolute atomic E-state index is 9.69. The van der Waals surface area contributed by atoms with Crippen molar-refractivity contribution in [2.45, 2.75) is 6.61 Å². The molecule has 4 aromatic rings. The zero-order chi connectivity index (χ0) is 19.3. The second-order valence-corrected chi connectivity index (χ2v) is 7.58. The number of hydrogen-bond acceptors (Lipinski definition) is 4. The Kier molecular flexibility index (Phi) is 5.38. The Balaban J connectivity index is 1.63. The van der Waals surface area contributed by atoms with Gasteiger partial charge in [-0.25, -0.2) is 4.98 Å². The number of para-hydroxylation sites is 2. The maximum Gasteiger partial charge on any atom is 0.135 e. The number of nitrogens with zero attached hydrogens (tertiary/aromatic N) is 2. The number of thiazole rings is 1. The van der Waals surface area contributed by atoms with Gasteiger partial charge in [0.2, 0.25) is 0 Å². The molecule has 0 fully saturated rings. The first-order valence-corrected chi connectivity index (χ1v) is 9.86. The molecule has 0 spiro atoms. The van der Waals surface area contributed by atoms with E-state index in [0.717, 1.165) is 21.3 Å². The minimum Gasteiger partial charge on any atom is -0.488 e. The van der Waals surface area contributed by atoms with Gasteiger partial charge >= 0.3 is 0 Å². The molecule has 0 N–H and O–H groups in total. The molecule has 0 aliphatic heterocycles. The molecule has 0 radical (unpaired) electrons. The molecule has 0 amide bonds. The lowest BCUT2D eigenvalue weighted by molar-refractivity contribution is 0.305. The van der Waals surface area contributed by atoms with Crippen molar-refractivity contribution in [3.05, 3.63) is 94.0 Å². The molecule has 0 aliphatic rings. The Morgan fingerprint density at radius 1 is 1.07 bits per heavy atom. The van der Waals surface area contributed by atoms with E-state index in [2.05, 4.69) is 11.1 Å². The van der Waals surface area contributed by atoms with Gasteiger partial charge in [0.15, 0.2) is 0 Å². The highest BCUT2D eigenvalue weighted by atomic mass is 35.5. The molecular formula is C23H15ClN2OS. The number of aromatic nitrogens is 1. The summed E-state index contributed by atoms with van der Waals surface area (Å²) in [5.74, 6) is 0.705. The first kappa shape index (κ1) is 18.2. The third-order valence-electron chi connectivity index (χ3n) is 4.15. The van der Waals surface area contributed by atoms with Crippen LogP contribution in [0.2, 0.25) is 5.02 Å². The summed E-state index contributed by atoms with van der Waals surface area (Å²) in [5, 5.41) is 11.1. The second kappa shape index (κ2) is 8.26. The van der Waals surface area contributed by atoms with Crippen LogP contribution in [0.5, 0.6) is 5.75 Å². The minimum atomic E-state index is 0.397. The largest absolute Gasteiger partial charge is 0.488 e. The van der Waals surface area contributed by atoms with Crippen LogP contribution in [0.25, 0.3) is 21.9 Å². The Morgan fingerprint density at radius 2 is 1.89 bits per heavy atom. The van der Waals surface area contributed by atoms with Crippen molar-refractivity contribution in [1.82, 2.24) is 4.98 Å². The summed E-state index contributed by atoms with van der Waals surface area (Å²) in [6, 6.07) is 25.4. The number of hydrogen-bond donors (Lipinski definition) is 0. The summed E-state index contributed by atoms with van der Waals surface area (Å²) in [6.07, 6.45) is 1.82. The monoisotopic (exact) mass is 402 g/mol. The van der Waals surface area contributed by atoms with Crippen molar-refractivity contribution < 1.29 is 4.74 Å². The fraction of sp³-hybridized carbons (Fsp3) is 0.0435. The topological polar surface area (TPSA) is 45.9 Å². The minimum absolute atomic E-state index is 0.397. The van der Waals surface area contributed by atoms with Crippen LogP contribution in [0.15, 0.2) is 72.8 Å². The summed E-state index contributed by atoms with van der Waals surface area (Å²) < 4.78 is 7.05. The fourth-order valence-electron chi connectivity index (χ4n) is 2.80. The van der Waals surface area contributed by atoms with Gasteiger partial charge in [0.05, 0.1) is 15.8 Å². The standard InChI is InChI=1S/C23H15ClN2OS/c24-19-8-5-6-16(12-19)15-27-21-10-3-1-7-17(21)13-18(14-25)23-26-20-9-2-4-11-22(20)28-23/h1-13H,15H2/b18-13+. The molecule has 4 rings (SSSR count). The summed E-state index contributed by atoms with van der Waals surface area (Å²) in [7, 11) is 0. The third kappa shape index (κ3) is 4.07. The summed E-state index contributed by atoms with van der Waals surface area (Å²) >= 11 is 7.55. The van der Waals surface area contributed by atoms with E-state index in [0.29, 0.717) is 28.0 Å². The van der Waals surface area contributed by atoms with Crippen molar-refractivity contribution in [2.24, 2.45) is 0 Å². The molecule has 28 heavy (non-hydrogen) atoms. The van der Waals surface area contributed by atoms with Gasteiger partial charge in [-0.05, 0) is 42.0 Å². The average Bonchev–Trinajstić information content (AvgIpc) is 3.15. The fourth-order valence-corrected chi connectivity index (χ4v) is 3.95. The van der Waals surface area contributed by atoms with Gasteiger partial charge in [-0.1, -0.05) is 54.1 Å². The highest BCUT2D eigenvalue weighted by Crippen LogP contribution is 2.30. The highest BCUT2D eigenvalue weighted by molar-refractivity contribution is 7.19. The van der Waals surface area contributed by atoms with Crippen LogP contribution in [-0.2, 0) is 6.61 Å².